The van der Waals surface area contributed by atoms with E-state index in [4.69, 9.17) is 11.6 Å². The molecular formula is C13H13ClN4O2. The molecule has 0 atom stereocenters. The van der Waals surface area contributed by atoms with Crippen LogP contribution in [-0.2, 0) is 7.05 Å². The lowest BCUT2D eigenvalue weighted by Gasteiger charge is -2.05. The number of hydrogen-bond acceptors (Lipinski definition) is 3. The van der Waals surface area contributed by atoms with Gasteiger partial charge in [-0.3, -0.25) is 14.3 Å². The Morgan fingerprint density at radius 3 is 2.70 bits per heavy atom. The fourth-order valence-corrected chi connectivity index (χ4v) is 1.88. The number of carbonyl (C=O) groups excluding carboxylic acids is 2. The highest BCUT2D eigenvalue weighted by Crippen LogP contribution is 2.16. The maximum Gasteiger partial charge on any atom is 0.273 e. The summed E-state index contributed by atoms with van der Waals surface area (Å²) >= 11 is 5.84. The number of benzene rings is 1. The Morgan fingerprint density at radius 1 is 1.30 bits per heavy atom. The number of aromatic nitrogens is 2. The minimum absolute atomic E-state index is 0.158. The second-order valence-electron chi connectivity index (χ2n) is 4.11. The maximum atomic E-state index is 12.1. The van der Waals surface area contributed by atoms with E-state index in [0.29, 0.717) is 16.3 Å². The number of hydrogen-bond donors (Lipinski definition) is 2. The van der Waals surface area contributed by atoms with Gasteiger partial charge >= 0.3 is 0 Å². The Morgan fingerprint density at radius 2 is 2.05 bits per heavy atom. The molecule has 1 aromatic heterocycles. The standard InChI is InChI=1S/C13H13ClN4O2/c1-15-13(20)11-10(7-18(2)17-11)16-12(19)8-4-3-5-9(14)6-8/h3-7H,1-2H3,(H,15,20)(H,16,19). The topological polar surface area (TPSA) is 76.0 Å². The summed E-state index contributed by atoms with van der Waals surface area (Å²) in [4.78, 5) is 23.8. The van der Waals surface area contributed by atoms with Gasteiger partial charge in [0.15, 0.2) is 5.69 Å². The zero-order valence-corrected chi connectivity index (χ0v) is 11.7. The number of halogens is 1. The van der Waals surface area contributed by atoms with Crippen molar-refractivity contribution in [3.63, 3.8) is 0 Å². The van der Waals surface area contributed by atoms with Gasteiger partial charge in [0.05, 0.1) is 5.69 Å². The molecule has 104 valence electrons. The molecule has 0 saturated heterocycles. The van der Waals surface area contributed by atoms with Crippen LogP contribution in [0.5, 0.6) is 0 Å². The first-order valence-electron chi connectivity index (χ1n) is 5.84. The summed E-state index contributed by atoms with van der Waals surface area (Å²) in [5, 5.41) is 9.60. The molecular weight excluding hydrogens is 280 g/mol. The molecule has 2 rings (SSSR count). The van der Waals surface area contributed by atoms with Crippen molar-refractivity contribution in [1.82, 2.24) is 15.1 Å². The highest BCUT2D eigenvalue weighted by molar-refractivity contribution is 6.31. The Kier molecular flexibility index (Phi) is 4.05. The molecule has 0 radical (unpaired) electrons. The molecule has 0 spiro atoms. The first-order chi connectivity index (χ1) is 9.51. The van der Waals surface area contributed by atoms with Gasteiger partial charge in [0, 0.05) is 30.9 Å². The van der Waals surface area contributed by atoms with Crippen LogP contribution in [-0.4, -0.2) is 28.6 Å². The molecule has 7 heteroatoms. The Balaban J connectivity index is 2.26. The van der Waals surface area contributed by atoms with Crippen molar-refractivity contribution in [2.24, 2.45) is 7.05 Å². The van der Waals surface area contributed by atoms with Gasteiger partial charge in [0.2, 0.25) is 0 Å². The number of anilines is 1. The monoisotopic (exact) mass is 292 g/mol. The summed E-state index contributed by atoms with van der Waals surface area (Å²) in [7, 11) is 3.17. The lowest BCUT2D eigenvalue weighted by Crippen LogP contribution is -2.21. The summed E-state index contributed by atoms with van der Waals surface area (Å²) in [6.07, 6.45) is 1.56. The highest BCUT2D eigenvalue weighted by Gasteiger charge is 2.17. The number of aryl methyl sites for hydroxylation is 1. The van der Waals surface area contributed by atoms with E-state index in [-0.39, 0.29) is 17.5 Å². The summed E-state index contributed by atoms with van der Waals surface area (Å²) in [5.74, 6) is -0.724. The molecule has 0 saturated carbocycles. The largest absolute Gasteiger partial charge is 0.354 e. The third-order valence-electron chi connectivity index (χ3n) is 2.61. The molecule has 2 amide bonds. The third-order valence-corrected chi connectivity index (χ3v) is 2.84. The van der Waals surface area contributed by atoms with E-state index < -0.39 is 0 Å². The van der Waals surface area contributed by atoms with Gasteiger partial charge in [-0.15, -0.1) is 0 Å². The van der Waals surface area contributed by atoms with Gasteiger partial charge in [0.25, 0.3) is 11.8 Å². The van der Waals surface area contributed by atoms with Gasteiger partial charge in [-0.05, 0) is 18.2 Å². The van der Waals surface area contributed by atoms with Crippen LogP contribution in [0.1, 0.15) is 20.8 Å². The molecule has 2 N–H and O–H groups in total. The fraction of sp³-hybridized carbons (Fsp3) is 0.154. The summed E-state index contributed by atoms with van der Waals surface area (Å²) in [6, 6.07) is 6.54. The summed E-state index contributed by atoms with van der Waals surface area (Å²) in [6.45, 7) is 0. The normalized spacial score (nSPS) is 10.2. The van der Waals surface area contributed by atoms with Gasteiger partial charge in [-0.1, -0.05) is 17.7 Å². The molecule has 0 bridgehead atoms. The Bertz CT molecular complexity index is 666. The van der Waals surface area contributed by atoms with E-state index in [0.717, 1.165) is 0 Å². The molecule has 0 aliphatic heterocycles. The van der Waals surface area contributed by atoms with Crippen LogP contribution in [0.2, 0.25) is 5.02 Å². The van der Waals surface area contributed by atoms with E-state index in [1.807, 2.05) is 0 Å². The second kappa shape index (κ2) is 5.75. The zero-order chi connectivity index (χ0) is 14.7. The van der Waals surface area contributed by atoms with E-state index in [1.54, 1.807) is 37.5 Å². The van der Waals surface area contributed by atoms with Crippen LogP contribution in [0, 0.1) is 0 Å². The van der Waals surface area contributed by atoms with E-state index >= 15 is 0 Å². The average Bonchev–Trinajstić information content (AvgIpc) is 2.78. The summed E-state index contributed by atoms with van der Waals surface area (Å²) < 4.78 is 1.46. The Hall–Kier alpha value is -2.34. The molecule has 20 heavy (non-hydrogen) atoms. The molecule has 2 aromatic rings. The number of rotatable bonds is 3. The minimum Gasteiger partial charge on any atom is -0.354 e. The van der Waals surface area contributed by atoms with Crippen molar-refractivity contribution in [3.05, 3.63) is 46.7 Å². The van der Waals surface area contributed by atoms with Crippen LogP contribution >= 0.6 is 11.6 Å². The van der Waals surface area contributed by atoms with Crippen molar-refractivity contribution in [3.8, 4) is 0 Å². The predicted molar refractivity (Wildman–Crippen MR) is 76.0 cm³/mol. The summed E-state index contributed by atoms with van der Waals surface area (Å²) in [5.41, 5.74) is 0.909. The van der Waals surface area contributed by atoms with Crippen molar-refractivity contribution in [2.75, 3.05) is 12.4 Å². The van der Waals surface area contributed by atoms with E-state index in [2.05, 4.69) is 15.7 Å². The van der Waals surface area contributed by atoms with Gasteiger partial charge in [-0.25, -0.2) is 0 Å². The molecule has 0 aliphatic carbocycles. The van der Waals surface area contributed by atoms with Crippen LogP contribution < -0.4 is 10.6 Å². The maximum absolute atomic E-state index is 12.1. The van der Waals surface area contributed by atoms with Gasteiger partial charge < -0.3 is 10.6 Å². The van der Waals surface area contributed by atoms with E-state index in [1.165, 1.54) is 11.7 Å². The SMILES string of the molecule is CNC(=O)c1nn(C)cc1NC(=O)c1cccc(Cl)c1. The number of carbonyl (C=O) groups is 2. The number of amides is 2. The quantitative estimate of drug-likeness (QED) is 0.904. The van der Waals surface area contributed by atoms with Crippen molar-refractivity contribution in [2.45, 2.75) is 0 Å². The molecule has 0 aliphatic rings. The zero-order valence-electron chi connectivity index (χ0n) is 11.0. The second-order valence-corrected chi connectivity index (χ2v) is 4.55. The third kappa shape index (κ3) is 2.97. The smallest absolute Gasteiger partial charge is 0.273 e. The molecule has 0 fully saturated rings. The van der Waals surface area contributed by atoms with Crippen LogP contribution in [0.4, 0.5) is 5.69 Å². The molecule has 0 unspecified atom stereocenters. The lowest BCUT2D eigenvalue weighted by atomic mass is 10.2. The fourth-order valence-electron chi connectivity index (χ4n) is 1.69. The van der Waals surface area contributed by atoms with Gasteiger partial charge in [0.1, 0.15) is 0 Å². The highest BCUT2D eigenvalue weighted by atomic mass is 35.5. The number of nitrogens with one attached hydrogen (secondary N) is 2. The number of nitrogens with zero attached hydrogens (tertiary/aromatic N) is 2. The van der Waals surface area contributed by atoms with E-state index in [9.17, 15) is 9.59 Å². The van der Waals surface area contributed by atoms with Crippen molar-refractivity contribution in [1.29, 1.82) is 0 Å². The average molecular weight is 293 g/mol. The molecule has 1 aromatic carbocycles. The Labute approximate surface area is 120 Å². The molecule has 6 nitrogen and oxygen atoms in total. The minimum atomic E-state index is -0.369. The van der Waals surface area contributed by atoms with Crippen molar-refractivity contribution >= 4 is 29.1 Å². The van der Waals surface area contributed by atoms with Crippen LogP contribution in [0.25, 0.3) is 0 Å². The predicted octanol–water partition coefficient (Wildman–Crippen LogP) is 1.69. The first-order valence-corrected chi connectivity index (χ1v) is 6.21. The van der Waals surface area contributed by atoms with Gasteiger partial charge in [-0.2, -0.15) is 5.10 Å². The van der Waals surface area contributed by atoms with Crippen molar-refractivity contribution < 1.29 is 9.59 Å². The lowest BCUT2D eigenvalue weighted by molar-refractivity contribution is 0.0958. The van der Waals surface area contributed by atoms with Crippen LogP contribution in [0.3, 0.4) is 0 Å². The van der Waals surface area contributed by atoms with Crippen LogP contribution in [0.15, 0.2) is 30.5 Å². The first kappa shape index (κ1) is 14.1. The molecule has 1 heterocycles.